The zero-order valence-corrected chi connectivity index (χ0v) is 15.1. The molecule has 4 nitrogen and oxygen atoms in total. The van der Waals surface area contributed by atoms with Crippen LogP contribution in [0.5, 0.6) is 0 Å². The van der Waals surface area contributed by atoms with Crippen LogP contribution in [0.3, 0.4) is 0 Å². The molecule has 122 valence electrons. The number of hydrogen-bond acceptors (Lipinski definition) is 3. The van der Waals surface area contributed by atoms with Crippen molar-refractivity contribution < 1.29 is 14.3 Å². The normalized spacial score (nSPS) is 10.6. The summed E-state index contributed by atoms with van der Waals surface area (Å²) in [6, 6.07) is 7.26. The second-order valence-corrected chi connectivity index (χ2v) is 6.20. The van der Waals surface area contributed by atoms with Crippen LogP contribution in [0.4, 0.5) is 0 Å². The van der Waals surface area contributed by atoms with Gasteiger partial charge in [-0.2, -0.15) is 0 Å². The predicted octanol–water partition coefficient (Wildman–Crippen LogP) is 4.45. The molecule has 2 aromatic rings. The van der Waals surface area contributed by atoms with Gasteiger partial charge >= 0.3 is 5.97 Å². The van der Waals surface area contributed by atoms with Crippen LogP contribution in [0.25, 0.3) is 0 Å². The highest BCUT2D eigenvalue weighted by molar-refractivity contribution is 9.10. The lowest BCUT2D eigenvalue weighted by Gasteiger charge is -2.05. The first-order valence-electron chi connectivity index (χ1n) is 7.68. The molecule has 5 heteroatoms. The van der Waals surface area contributed by atoms with Crippen molar-refractivity contribution in [2.45, 2.75) is 33.6 Å². The molecule has 1 aromatic carbocycles. The second-order valence-electron chi connectivity index (χ2n) is 5.29. The predicted molar refractivity (Wildman–Crippen MR) is 93.1 cm³/mol. The van der Waals surface area contributed by atoms with Crippen molar-refractivity contribution in [1.82, 2.24) is 4.98 Å². The Kier molecular flexibility index (Phi) is 5.77. The molecule has 1 heterocycles. The van der Waals surface area contributed by atoms with Gasteiger partial charge in [-0.15, -0.1) is 0 Å². The number of nitrogens with one attached hydrogen (secondary N) is 1. The lowest BCUT2D eigenvalue weighted by atomic mass is 9.98. The Morgan fingerprint density at radius 3 is 2.61 bits per heavy atom. The lowest BCUT2D eigenvalue weighted by Crippen LogP contribution is -2.08. The first-order chi connectivity index (χ1) is 11.0. The number of ketones is 1. The number of carbonyl (C=O) groups is 2. The fraction of sp³-hybridized carbons (Fsp3) is 0.333. The summed E-state index contributed by atoms with van der Waals surface area (Å²) in [7, 11) is 0. The van der Waals surface area contributed by atoms with Crippen LogP contribution >= 0.6 is 15.9 Å². The fourth-order valence-electron chi connectivity index (χ4n) is 2.58. The third-order valence-corrected chi connectivity index (χ3v) is 4.11. The Hall–Kier alpha value is -1.88. The first-order valence-corrected chi connectivity index (χ1v) is 8.47. The number of hydrogen-bond donors (Lipinski definition) is 1. The van der Waals surface area contributed by atoms with E-state index in [9.17, 15) is 9.59 Å². The molecule has 0 saturated heterocycles. The number of aromatic amines is 1. The Morgan fingerprint density at radius 2 is 2.00 bits per heavy atom. The molecule has 0 amide bonds. The summed E-state index contributed by atoms with van der Waals surface area (Å²) in [5.74, 6) is -0.505. The highest BCUT2D eigenvalue weighted by Crippen LogP contribution is 2.25. The van der Waals surface area contributed by atoms with Crippen LogP contribution in [-0.4, -0.2) is 23.3 Å². The Bertz CT molecular complexity index is 734. The standard InChI is InChI=1S/C18H20BrNO3/c1-4-7-14-15(11(3)16(20-14)18(22)23-5-2)17(21)12-8-6-9-13(19)10-12/h6,8-10,20H,4-5,7H2,1-3H3. The maximum Gasteiger partial charge on any atom is 0.355 e. The highest BCUT2D eigenvalue weighted by atomic mass is 79.9. The largest absolute Gasteiger partial charge is 0.461 e. The minimum absolute atomic E-state index is 0.0842. The van der Waals surface area contributed by atoms with Crippen molar-refractivity contribution in [3.8, 4) is 0 Å². The number of ether oxygens (including phenoxy) is 1. The topological polar surface area (TPSA) is 59.2 Å². The molecule has 0 atom stereocenters. The van der Waals surface area contributed by atoms with E-state index >= 15 is 0 Å². The monoisotopic (exact) mass is 377 g/mol. The molecule has 0 aliphatic heterocycles. The third-order valence-electron chi connectivity index (χ3n) is 3.62. The van der Waals surface area contributed by atoms with Gasteiger partial charge < -0.3 is 9.72 Å². The van der Waals surface area contributed by atoms with Crippen molar-refractivity contribution in [2.75, 3.05) is 6.61 Å². The van der Waals surface area contributed by atoms with Gasteiger partial charge in [0.1, 0.15) is 5.69 Å². The smallest absolute Gasteiger partial charge is 0.355 e. The van der Waals surface area contributed by atoms with Gasteiger partial charge in [0.15, 0.2) is 5.78 Å². The van der Waals surface area contributed by atoms with Crippen molar-refractivity contribution in [3.05, 3.63) is 56.8 Å². The molecule has 0 bridgehead atoms. The Balaban J connectivity index is 2.51. The van der Waals surface area contributed by atoms with Crippen LogP contribution in [0.2, 0.25) is 0 Å². The Labute approximate surface area is 144 Å². The molecule has 0 aliphatic carbocycles. The minimum atomic E-state index is -0.421. The van der Waals surface area contributed by atoms with E-state index in [2.05, 4.69) is 20.9 Å². The number of aryl methyl sites for hydroxylation is 1. The molecule has 0 saturated carbocycles. The molecular formula is C18H20BrNO3. The minimum Gasteiger partial charge on any atom is -0.461 e. The van der Waals surface area contributed by atoms with Crippen LogP contribution in [-0.2, 0) is 11.2 Å². The summed E-state index contributed by atoms with van der Waals surface area (Å²) in [4.78, 5) is 28.1. The van der Waals surface area contributed by atoms with Crippen LogP contribution in [0.15, 0.2) is 28.7 Å². The van der Waals surface area contributed by atoms with Gasteiger partial charge in [0.05, 0.1) is 6.61 Å². The number of halogens is 1. The molecule has 2 rings (SSSR count). The van der Waals surface area contributed by atoms with Crippen molar-refractivity contribution in [2.24, 2.45) is 0 Å². The number of H-pyrrole nitrogens is 1. The van der Waals surface area contributed by atoms with Crippen LogP contribution in [0.1, 0.15) is 57.9 Å². The summed E-state index contributed by atoms with van der Waals surface area (Å²) in [5, 5.41) is 0. The first kappa shape index (κ1) is 17.5. The number of benzene rings is 1. The summed E-state index contributed by atoms with van der Waals surface area (Å²) >= 11 is 3.39. The lowest BCUT2D eigenvalue weighted by molar-refractivity contribution is 0.0519. The molecule has 1 aromatic heterocycles. The van der Waals surface area contributed by atoms with Gasteiger partial charge in [-0.1, -0.05) is 41.4 Å². The number of rotatable bonds is 6. The van der Waals surface area contributed by atoms with E-state index in [1.54, 1.807) is 26.0 Å². The van der Waals surface area contributed by atoms with E-state index in [0.717, 1.165) is 16.6 Å². The highest BCUT2D eigenvalue weighted by Gasteiger charge is 2.24. The summed E-state index contributed by atoms with van der Waals surface area (Å²) < 4.78 is 5.92. The molecule has 23 heavy (non-hydrogen) atoms. The van der Waals surface area contributed by atoms with Gasteiger partial charge in [-0.25, -0.2) is 4.79 Å². The van der Waals surface area contributed by atoms with Gasteiger partial charge in [0.25, 0.3) is 0 Å². The van der Waals surface area contributed by atoms with Gasteiger partial charge in [0, 0.05) is 21.3 Å². The van der Waals surface area contributed by atoms with E-state index in [1.165, 1.54) is 0 Å². The maximum absolute atomic E-state index is 12.9. The van der Waals surface area contributed by atoms with E-state index in [4.69, 9.17) is 4.74 Å². The zero-order chi connectivity index (χ0) is 17.0. The molecular weight excluding hydrogens is 358 g/mol. The van der Waals surface area contributed by atoms with Gasteiger partial charge in [-0.05, 0) is 38.0 Å². The second kappa shape index (κ2) is 7.59. The zero-order valence-electron chi connectivity index (χ0n) is 13.5. The third kappa shape index (κ3) is 3.72. The number of carbonyl (C=O) groups excluding carboxylic acids is 2. The molecule has 0 spiro atoms. The molecule has 0 aliphatic rings. The van der Waals surface area contributed by atoms with E-state index < -0.39 is 5.97 Å². The van der Waals surface area contributed by atoms with Crippen LogP contribution < -0.4 is 0 Å². The molecule has 0 radical (unpaired) electrons. The average molecular weight is 378 g/mol. The van der Waals surface area contributed by atoms with E-state index in [0.29, 0.717) is 35.4 Å². The molecule has 1 N–H and O–H groups in total. The van der Waals surface area contributed by atoms with E-state index in [1.807, 2.05) is 19.1 Å². The quantitative estimate of drug-likeness (QED) is 0.597. The van der Waals surface area contributed by atoms with Crippen molar-refractivity contribution in [1.29, 1.82) is 0 Å². The van der Waals surface area contributed by atoms with Gasteiger partial charge in [0.2, 0.25) is 0 Å². The summed E-state index contributed by atoms with van der Waals surface area (Å²) in [5.41, 5.74) is 2.98. The van der Waals surface area contributed by atoms with E-state index in [-0.39, 0.29) is 5.78 Å². The maximum atomic E-state index is 12.9. The summed E-state index contributed by atoms with van der Waals surface area (Å²) in [6.07, 6.45) is 1.58. The molecule has 0 unspecified atom stereocenters. The SMILES string of the molecule is CCCc1[nH]c(C(=O)OCC)c(C)c1C(=O)c1cccc(Br)c1. The van der Waals surface area contributed by atoms with Crippen molar-refractivity contribution in [3.63, 3.8) is 0 Å². The Morgan fingerprint density at radius 1 is 1.26 bits per heavy atom. The number of aromatic nitrogens is 1. The van der Waals surface area contributed by atoms with Crippen molar-refractivity contribution >= 4 is 27.7 Å². The molecule has 0 fully saturated rings. The fourth-order valence-corrected chi connectivity index (χ4v) is 2.98. The van der Waals surface area contributed by atoms with Crippen LogP contribution in [0, 0.1) is 6.92 Å². The number of esters is 1. The summed E-state index contributed by atoms with van der Waals surface area (Å²) in [6.45, 7) is 5.88. The average Bonchev–Trinajstić information content (AvgIpc) is 2.84. The van der Waals surface area contributed by atoms with Gasteiger partial charge in [-0.3, -0.25) is 4.79 Å².